The van der Waals surface area contributed by atoms with Crippen molar-refractivity contribution in [2.45, 2.75) is 31.7 Å². The lowest BCUT2D eigenvalue weighted by Crippen LogP contribution is -2.52. The number of rotatable bonds is 3. The van der Waals surface area contributed by atoms with Crippen LogP contribution in [0, 0.1) is 5.92 Å². The fraction of sp³-hybridized carbons (Fsp3) is 0.647. The Hall–Kier alpha value is -0.770. The number of hydrogen-bond acceptors (Lipinski definition) is 3. The standard InChI is InChI=1S/C17H26ClN3/c1-20-9-2-3-14-12-21(10-7-16(14)20)17-11-15(18)5-4-13(17)6-8-19/h4-5,11,14,16H,2-3,6-10,12,19H2,1H3. The van der Waals surface area contributed by atoms with Crippen molar-refractivity contribution in [1.29, 1.82) is 0 Å². The first-order valence-electron chi connectivity index (χ1n) is 8.12. The topological polar surface area (TPSA) is 32.5 Å². The smallest absolute Gasteiger partial charge is 0.0426 e. The summed E-state index contributed by atoms with van der Waals surface area (Å²) in [5.74, 6) is 0.794. The monoisotopic (exact) mass is 307 g/mol. The summed E-state index contributed by atoms with van der Waals surface area (Å²) >= 11 is 6.23. The van der Waals surface area contributed by atoms with Crippen LogP contribution in [-0.4, -0.2) is 44.2 Å². The van der Waals surface area contributed by atoms with E-state index in [1.807, 2.05) is 6.07 Å². The summed E-state index contributed by atoms with van der Waals surface area (Å²) in [5.41, 5.74) is 8.41. The maximum absolute atomic E-state index is 6.23. The van der Waals surface area contributed by atoms with E-state index in [2.05, 4.69) is 29.0 Å². The van der Waals surface area contributed by atoms with Crippen molar-refractivity contribution in [2.24, 2.45) is 11.7 Å². The Kier molecular flexibility index (Phi) is 4.72. The van der Waals surface area contributed by atoms with Crippen LogP contribution < -0.4 is 10.6 Å². The summed E-state index contributed by atoms with van der Waals surface area (Å²) in [5, 5.41) is 0.827. The predicted octanol–water partition coefficient (Wildman–Crippen LogP) is 2.76. The molecule has 0 aliphatic carbocycles. The number of nitrogens with zero attached hydrogens (tertiary/aromatic N) is 2. The minimum atomic E-state index is 0.692. The first-order valence-corrected chi connectivity index (χ1v) is 8.50. The van der Waals surface area contributed by atoms with Gasteiger partial charge < -0.3 is 15.5 Å². The fourth-order valence-corrected chi connectivity index (χ4v) is 4.24. The van der Waals surface area contributed by atoms with Gasteiger partial charge in [0.15, 0.2) is 0 Å². The molecule has 2 unspecified atom stereocenters. The first kappa shape index (κ1) is 15.1. The van der Waals surface area contributed by atoms with Crippen molar-refractivity contribution in [3.8, 4) is 0 Å². The van der Waals surface area contributed by atoms with E-state index >= 15 is 0 Å². The minimum Gasteiger partial charge on any atom is -0.371 e. The molecule has 0 spiro atoms. The van der Waals surface area contributed by atoms with Gasteiger partial charge in [0.2, 0.25) is 0 Å². The van der Waals surface area contributed by atoms with Gasteiger partial charge in [-0.25, -0.2) is 0 Å². The van der Waals surface area contributed by atoms with Gasteiger partial charge in [0, 0.05) is 29.8 Å². The SMILES string of the molecule is CN1CCCC2CN(c3cc(Cl)ccc3CCN)CCC21. The molecule has 2 atom stereocenters. The van der Waals surface area contributed by atoms with Crippen molar-refractivity contribution in [2.75, 3.05) is 38.1 Å². The Morgan fingerprint density at radius 3 is 2.95 bits per heavy atom. The molecule has 2 aliphatic heterocycles. The molecular weight excluding hydrogens is 282 g/mol. The molecule has 2 aliphatic rings. The lowest BCUT2D eigenvalue weighted by Gasteiger charge is -2.47. The van der Waals surface area contributed by atoms with Gasteiger partial charge in [-0.05, 0) is 69.4 Å². The second kappa shape index (κ2) is 6.55. The van der Waals surface area contributed by atoms with Gasteiger partial charge >= 0.3 is 0 Å². The van der Waals surface area contributed by atoms with Crippen molar-refractivity contribution in [3.63, 3.8) is 0 Å². The normalized spacial score (nSPS) is 26.7. The summed E-state index contributed by atoms with van der Waals surface area (Å²) in [6, 6.07) is 7.02. The molecule has 0 bridgehead atoms. The Balaban J connectivity index is 1.80. The van der Waals surface area contributed by atoms with Crippen LogP contribution in [-0.2, 0) is 6.42 Å². The summed E-state index contributed by atoms with van der Waals surface area (Å²) in [7, 11) is 2.28. The zero-order chi connectivity index (χ0) is 14.8. The van der Waals surface area contributed by atoms with E-state index in [1.54, 1.807) is 0 Å². The molecule has 116 valence electrons. The van der Waals surface area contributed by atoms with Crippen LogP contribution in [0.15, 0.2) is 18.2 Å². The molecule has 3 nitrogen and oxygen atoms in total. The van der Waals surface area contributed by atoms with Gasteiger partial charge in [-0.1, -0.05) is 17.7 Å². The van der Waals surface area contributed by atoms with Gasteiger partial charge in [0.05, 0.1) is 0 Å². The molecule has 2 N–H and O–H groups in total. The van der Waals surface area contributed by atoms with Crippen molar-refractivity contribution >= 4 is 17.3 Å². The van der Waals surface area contributed by atoms with Crippen LogP contribution in [0.1, 0.15) is 24.8 Å². The summed E-state index contributed by atoms with van der Waals surface area (Å²) < 4.78 is 0. The van der Waals surface area contributed by atoms with Crippen LogP contribution in [0.5, 0.6) is 0 Å². The molecule has 4 heteroatoms. The number of hydrogen-bond donors (Lipinski definition) is 1. The number of piperidine rings is 2. The van der Waals surface area contributed by atoms with Crippen LogP contribution in [0.3, 0.4) is 0 Å². The van der Waals surface area contributed by atoms with Crippen molar-refractivity contribution < 1.29 is 0 Å². The largest absolute Gasteiger partial charge is 0.371 e. The quantitative estimate of drug-likeness (QED) is 0.932. The predicted molar refractivity (Wildman–Crippen MR) is 90.2 cm³/mol. The Labute approximate surface area is 133 Å². The number of halogens is 1. The summed E-state index contributed by atoms with van der Waals surface area (Å²) in [6.07, 6.45) is 4.88. The molecule has 1 aromatic rings. The highest BCUT2D eigenvalue weighted by molar-refractivity contribution is 6.30. The lowest BCUT2D eigenvalue weighted by molar-refractivity contribution is 0.102. The average molecular weight is 308 g/mol. The molecule has 1 aromatic carbocycles. The fourth-order valence-electron chi connectivity index (χ4n) is 4.07. The maximum atomic E-state index is 6.23. The van der Waals surface area contributed by atoms with Gasteiger partial charge in [0.1, 0.15) is 0 Å². The third-order valence-corrected chi connectivity index (χ3v) is 5.38. The maximum Gasteiger partial charge on any atom is 0.0426 e. The van der Waals surface area contributed by atoms with Crippen molar-refractivity contribution in [1.82, 2.24) is 4.90 Å². The lowest BCUT2D eigenvalue weighted by atomic mass is 9.84. The Bertz CT molecular complexity index is 491. The minimum absolute atomic E-state index is 0.692. The number of nitrogens with two attached hydrogens (primary N) is 1. The Morgan fingerprint density at radius 1 is 1.29 bits per heavy atom. The summed E-state index contributed by atoms with van der Waals surface area (Å²) in [6.45, 7) is 4.24. The van der Waals surface area contributed by atoms with Gasteiger partial charge in [-0.15, -0.1) is 0 Å². The molecule has 0 radical (unpaired) electrons. The third-order valence-electron chi connectivity index (χ3n) is 5.15. The molecule has 2 heterocycles. The van der Waals surface area contributed by atoms with Crippen LogP contribution in [0.4, 0.5) is 5.69 Å². The third kappa shape index (κ3) is 3.20. The second-order valence-corrected chi connectivity index (χ2v) is 6.93. The van der Waals surface area contributed by atoms with E-state index in [4.69, 9.17) is 17.3 Å². The number of fused-ring (bicyclic) bond motifs is 1. The van der Waals surface area contributed by atoms with E-state index in [-0.39, 0.29) is 0 Å². The zero-order valence-corrected chi connectivity index (χ0v) is 13.6. The molecule has 3 rings (SSSR count). The Morgan fingerprint density at radius 2 is 2.14 bits per heavy atom. The molecule has 0 amide bonds. The average Bonchev–Trinajstić information content (AvgIpc) is 2.49. The number of likely N-dealkylation sites (tertiary alicyclic amines) is 1. The number of anilines is 1. The van der Waals surface area contributed by atoms with E-state index in [0.717, 1.165) is 36.5 Å². The first-order chi connectivity index (χ1) is 10.2. The van der Waals surface area contributed by atoms with Crippen LogP contribution >= 0.6 is 11.6 Å². The van der Waals surface area contributed by atoms with Gasteiger partial charge in [-0.2, -0.15) is 0 Å². The van der Waals surface area contributed by atoms with Crippen LogP contribution in [0.2, 0.25) is 5.02 Å². The highest BCUT2D eigenvalue weighted by Gasteiger charge is 2.34. The highest BCUT2D eigenvalue weighted by atomic mass is 35.5. The summed E-state index contributed by atoms with van der Waals surface area (Å²) in [4.78, 5) is 5.10. The number of benzene rings is 1. The molecule has 21 heavy (non-hydrogen) atoms. The van der Waals surface area contributed by atoms with Crippen molar-refractivity contribution in [3.05, 3.63) is 28.8 Å². The van der Waals surface area contributed by atoms with Crippen LogP contribution in [0.25, 0.3) is 0 Å². The molecule has 2 saturated heterocycles. The molecule has 2 fully saturated rings. The molecule has 0 saturated carbocycles. The highest BCUT2D eigenvalue weighted by Crippen LogP contribution is 2.34. The van der Waals surface area contributed by atoms with Gasteiger partial charge in [-0.3, -0.25) is 0 Å². The molecular formula is C17H26ClN3. The van der Waals surface area contributed by atoms with E-state index in [1.165, 1.54) is 37.1 Å². The van der Waals surface area contributed by atoms with E-state index < -0.39 is 0 Å². The second-order valence-electron chi connectivity index (χ2n) is 6.50. The zero-order valence-electron chi connectivity index (χ0n) is 12.9. The van der Waals surface area contributed by atoms with E-state index in [9.17, 15) is 0 Å². The molecule has 0 aromatic heterocycles. The van der Waals surface area contributed by atoms with E-state index in [0.29, 0.717) is 6.54 Å². The van der Waals surface area contributed by atoms with Gasteiger partial charge in [0.25, 0.3) is 0 Å².